The van der Waals surface area contributed by atoms with Gasteiger partial charge < -0.3 is 4.90 Å². The van der Waals surface area contributed by atoms with Crippen LogP contribution in [0.4, 0.5) is 5.69 Å². The van der Waals surface area contributed by atoms with E-state index in [-0.39, 0.29) is 11.3 Å². The third-order valence-corrected chi connectivity index (χ3v) is 6.93. The zero-order valence-corrected chi connectivity index (χ0v) is 14.8. The van der Waals surface area contributed by atoms with Crippen molar-refractivity contribution in [2.75, 3.05) is 24.5 Å². The molecule has 3 rings (SSSR count). The molecule has 2 aliphatic rings. The first-order valence-electron chi connectivity index (χ1n) is 8.12. The average Bonchev–Trinajstić information content (AvgIpc) is 2.89. The second-order valence-corrected chi connectivity index (χ2v) is 9.22. The number of sulfonamides is 1. The Labute approximate surface area is 138 Å². The fourth-order valence-electron chi connectivity index (χ4n) is 3.35. The molecule has 0 aromatic heterocycles. The Morgan fingerprint density at radius 2 is 1.78 bits per heavy atom. The highest BCUT2D eigenvalue weighted by Gasteiger charge is 2.33. The molecular formula is C17H24N2O3S. The fourth-order valence-corrected chi connectivity index (χ4v) is 4.84. The minimum atomic E-state index is -3.44. The zero-order valence-electron chi connectivity index (χ0n) is 14.0. The third kappa shape index (κ3) is 3.02. The standard InChI is InChI=1S/C17H24N2O3S/c1-13(20)19-9-6-14-12-15(4-5-16(14)19)23(21,22)18-10-7-17(2,3)8-11-18/h4-5,12H,6-11H2,1-3H3. The van der Waals surface area contributed by atoms with Crippen LogP contribution in [-0.2, 0) is 21.2 Å². The summed E-state index contributed by atoms with van der Waals surface area (Å²) in [6.45, 7) is 7.69. The van der Waals surface area contributed by atoms with E-state index in [1.165, 1.54) is 6.92 Å². The Bertz CT molecular complexity index is 730. The molecule has 0 atom stereocenters. The van der Waals surface area contributed by atoms with E-state index in [0.29, 0.717) is 31.0 Å². The Morgan fingerprint density at radius 3 is 2.39 bits per heavy atom. The molecule has 0 radical (unpaired) electrons. The van der Waals surface area contributed by atoms with E-state index in [2.05, 4.69) is 13.8 Å². The lowest BCUT2D eigenvalue weighted by molar-refractivity contribution is -0.116. The maximum absolute atomic E-state index is 12.9. The summed E-state index contributed by atoms with van der Waals surface area (Å²) < 4.78 is 27.3. The molecule has 1 fully saturated rings. The van der Waals surface area contributed by atoms with E-state index in [9.17, 15) is 13.2 Å². The largest absolute Gasteiger partial charge is 0.312 e. The van der Waals surface area contributed by atoms with Gasteiger partial charge >= 0.3 is 0 Å². The van der Waals surface area contributed by atoms with Crippen LogP contribution in [0.5, 0.6) is 0 Å². The van der Waals surface area contributed by atoms with Gasteiger partial charge in [-0.25, -0.2) is 8.42 Å². The molecule has 1 aromatic carbocycles. The molecule has 2 aliphatic heterocycles. The molecule has 1 aromatic rings. The Kier molecular flexibility index (Phi) is 4.01. The Hall–Kier alpha value is -1.40. The molecular weight excluding hydrogens is 312 g/mol. The SMILES string of the molecule is CC(=O)N1CCc2cc(S(=O)(=O)N3CCC(C)(C)CC3)ccc21. The van der Waals surface area contributed by atoms with E-state index in [0.717, 1.165) is 24.1 Å². The molecule has 0 N–H and O–H groups in total. The summed E-state index contributed by atoms with van der Waals surface area (Å²) in [4.78, 5) is 13.7. The van der Waals surface area contributed by atoms with E-state index in [1.807, 2.05) is 0 Å². The number of benzene rings is 1. The number of amides is 1. The van der Waals surface area contributed by atoms with E-state index in [4.69, 9.17) is 0 Å². The van der Waals surface area contributed by atoms with Crippen LogP contribution >= 0.6 is 0 Å². The fraction of sp³-hybridized carbons (Fsp3) is 0.588. The topological polar surface area (TPSA) is 57.7 Å². The smallest absolute Gasteiger partial charge is 0.243 e. The number of anilines is 1. The number of fused-ring (bicyclic) bond motifs is 1. The van der Waals surface area contributed by atoms with Gasteiger partial charge in [-0.15, -0.1) is 0 Å². The summed E-state index contributed by atoms with van der Waals surface area (Å²) in [5, 5.41) is 0. The first-order chi connectivity index (χ1) is 10.7. The number of carbonyl (C=O) groups excluding carboxylic acids is 1. The van der Waals surface area contributed by atoms with E-state index in [1.54, 1.807) is 27.4 Å². The average molecular weight is 336 g/mol. The molecule has 0 unspecified atom stereocenters. The summed E-state index contributed by atoms with van der Waals surface area (Å²) >= 11 is 0. The summed E-state index contributed by atoms with van der Waals surface area (Å²) in [5.74, 6) is -0.00220. The lowest BCUT2D eigenvalue weighted by Crippen LogP contribution is -2.41. The van der Waals surface area contributed by atoms with Crippen molar-refractivity contribution in [3.8, 4) is 0 Å². The predicted molar refractivity (Wildman–Crippen MR) is 89.9 cm³/mol. The molecule has 23 heavy (non-hydrogen) atoms. The lowest BCUT2D eigenvalue weighted by atomic mass is 9.83. The van der Waals surface area contributed by atoms with Crippen LogP contribution < -0.4 is 4.90 Å². The van der Waals surface area contributed by atoms with E-state index >= 15 is 0 Å². The molecule has 0 aliphatic carbocycles. The van der Waals surface area contributed by atoms with Gasteiger partial charge in [0.2, 0.25) is 15.9 Å². The molecule has 2 heterocycles. The molecule has 126 valence electrons. The molecule has 0 saturated carbocycles. The first kappa shape index (κ1) is 16.5. The van der Waals surface area contributed by atoms with Gasteiger partial charge in [-0.05, 0) is 48.4 Å². The van der Waals surface area contributed by atoms with Gasteiger partial charge in [0.25, 0.3) is 0 Å². The number of hydrogen-bond donors (Lipinski definition) is 0. The first-order valence-corrected chi connectivity index (χ1v) is 9.56. The minimum Gasteiger partial charge on any atom is -0.312 e. The van der Waals surface area contributed by atoms with Crippen LogP contribution in [0.1, 0.15) is 39.2 Å². The van der Waals surface area contributed by atoms with Crippen molar-refractivity contribution in [1.82, 2.24) is 4.31 Å². The molecule has 1 amide bonds. The molecule has 1 saturated heterocycles. The maximum Gasteiger partial charge on any atom is 0.243 e. The van der Waals surface area contributed by atoms with Crippen molar-refractivity contribution in [2.24, 2.45) is 5.41 Å². The van der Waals surface area contributed by atoms with Crippen molar-refractivity contribution in [2.45, 2.75) is 44.9 Å². The van der Waals surface area contributed by atoms with Crippen LogP contribution in [-0.4, -0.2) is 38.3 Å². The highest BCUT2D eigenvalue weighted by atomic mass is 32.2. The van der Waals surface area contributed by atoms with Gasteiger partial charge in [-0.3, -0.25) is 4.79 Å². The summed E-state index contributed by atoms with van der Waals surface area (Å²) in [7, 11) is -3.44. The van der Waals surface area contributed by atoms with Crippen molar-refractivity contribution in [1.29, 1.82) is 0 Å². The van der Waals surface area contributed by atoms with Crippen LogP contribution in [0.2, 0.25) is 0 Å². The van der Waals surface area contributed by atoms with Crippen LogP contribution in [0, 0.1) is 5.41 Å². The second-order valence-electron chi connectivity index (χ2n) is 7.28. The van der Waals surface area contributed by atoms with Crippen molar-refractivity contribution >= 4 is 21.6 Å². The van der Waals surface area contributed by atoms with Gasteiger partial charge in [0.1, 0.15) is 0 Å². The molecule has 6 heteroatoms. The number of carbonyl (C=O) groups is 1. The highest BCUT2D eigenvalue weighted by Crippen LogP contribution is 2.34. The van der Waals surface area contributed by atoms with Gasteiger partial charge in [-0.1, -0.05) is 13.8 Å². The Morgan fingerprint density at radius 1 is 1.13 bits per heavy atom. The lowest BCUT2D eigenvalue weighted by Gasteiger charge is -2.36. The molecule has 0 bridgehead atoms. The zero-order chi connectivity index (χ0) is 16.8. The second kappa shape index (κ2) is 5.60. The van der Waals surface area contributed by atoms with Gasteiger partial charge in [0.15, 0.2) is 0 Å². The maximum atomic E-state index is 12.9. The number of piperidine rings is 1. The van der Waals surface area contributed by atoms with Crippen molar-refractivity contribution < 1.29 is 13.2 Å². The number of nitrogens with zero attached hydrogens (tertiary/aromatic N) is 2. The van der Waals surface area contributed by atoms with Crippen LogP contribution in [0.15, 0.2) is 23.1 Å². The van der Waals surface area contributed by atoms with Crippen LogP contribution in [0.25, 0.3) is 0 Å². The third-order valence-electron chi connectivity index (χ3n) is 5.04. The summed E-state index contributed by atoms with van der Waals surface area (Å²) in [6, 6.07) is 5.15. The quantitative estimate of drug-likeness (QED) is 0.833. The van der Waals surface area contributed by atoms with E-state index < -0.39 is 10.0 Å². The monoisotopic (exact) mass is 336 g/mol. The minimum absolute atomic E-state index is 0.00220. The normalized spacial score (nSPS) is 21.3. The molecule has 0 spiro atoms. The summed E-state index contributed by atoms with van der Waals surface area (Å²) in [6.07, 6.45) is 2.48. The number of rotatable bonds is 2. The predicted octanol–water partition coefficient (Wildman–Crippen LogP) is 2.41. The van der Waals surface area contributed by atoms with Crippen molar-refractivity contribution in [3.63, 3.8) is 0 Å². The van der Waals surface area contributed by atoms with Gasteiger partial charge in [0, 0.05) is 32.2 Å². The van der Waals surface area contributed by atoms with Crippen LogP contribution in [0.3, 0.4) is 0 Å². The van der Waals surface area contributed by atoms with Gasteiger partial charge in [-0.2, -0.15) is 4.31 Å². The van der Waals surface area contributed by atoms with Crippen molar-refractivity contribution in [3.05, 3.63) is 23.8 Å². The summed E-state index contributed by atoms with van der Waals surface area (Å²) in [5.41, 5.74) is 2.00. The highest BCUT2D eigenvalue weighted by molar-refractivity contribution is 7.89. The molecule has 5 nitrogen and oxygen atoms in total. The van der Waals surface area contributed by atoms with Gasteiger partial charge in [0.05, 0.1) is 4.90 Å². The number of hydrogen-bond acceptors (Lipinski definition) is 3. The Balaban J connectivity index is 1.86.